The van der Waals surface area contributed by atoms with Gasteiger partial charge in [-0.25, -0.2) is 4.98 Å². The second-order valence-corrected chi connectivity index (χ2v) is 8.01. The predicted molar refractivity (Wildman–Crippen MR) is 128 cm³/mol. The first-order valence-electron chi connectivity index (χ1n) is 10.9. The fourth-order valence-electron chi connectivity index (χ4n) is 3.75. The highest BCUT2D eigenvalue weighted by Crippen LogP contribution is 2.29. The van der Waals surface area contributed by atoms with Crippen molar-refractivity contribution in [2.45, 2.75) is 20.8 Å². The van der Waals surface area contributed by atoms with Gasteiger partial charge in [0, 0.05) is 50.7 Å². The second-order valence-electron chi connectivity index (χ2n) is 8.01. The molecule has 1 saturated heterocycles. The molecule has 0 spiro atoms. The molecule has 1 aliphatic heterocycles. The topological polar surface area (TPSA) is 88.9 Å². The van der Waals surface area contributed by atoms with Crippen LogP contribution in [0.4, 0.5) is 5.82 Å². The number of aliphatic hydroxyl groups excluding tert-OH is 1. The summed E-state index contributed by atoms with van der Waals surface area (Å²) in [7, 11) is 0. The van der Waals surface area contributed by atoms with Gasteiger partial charge in [-0.2, -0.15) is 0 Å². The van der Waals surface area contributed by atoms with Gasteiger partial charge < -0.3 is 20.4 Å². The molecular weight excluding hydrogens is 404 g/mol. The Morgan fingerprint density at radius 3 is 2.59 bits per heavy atom. The normalized spacial score (nSPS) is 15.4. The second kappa shape index (κ2) is 10.9. The molecule has 2 heterocycles. The van der Waals surface area contributed by atoms with Crippen molar-refractivity contribution in [2.75, 3.05) is 44.6 Å². The molecule has 2 aromatic rings. The van der Waals surface area contributed by atoms with Crippen LogP contribution in [0.1, 0.15) is 29.8 Å². The van der Waals surface area contributed by atoms with Crippen LogP contribution >= 0.6 is 0 Å². The monoisotopic (exact) mass is 436 g/mol. The molecule has 3 rings (SSSR count). The zero-order chi connectivity index (χ0) is 23.1. The van der Waals surface area contributed by atoms with Gasteiger partial charge in [-0.3, -0.25) is 9.69 Å². The van der Waals surface area contributed by atoms with Gasteiger partial charge in [0.05, 0.1) is 12.2 Å². The predicted octanol–water partition coefficient (Wildman–Crippen LogP) is 3.40. The van der Waals surface area contributed by atoms with E-state index in [-0.39, 0.29) is 18.3 Å². The van der Waals surface area contributed by atoms with Crippen LogP contribution < -0.4 is 5.32 Å². The number of nitrogens with zero attached hydrogens (tertiary/aromatic N) is 3. The fraction of sp³-hybridized carbons (Fsp3) is 0.360. The number of aliphatic hydroxyl groups is 1. The van der Waals surface area contributed by atoms with Gasteiger partial charge in [-0.05, 0) is 55.7 Å². The van der Waals surface area contributed by atoms with Gasteiger partial charge >= 0.3 is 0 Å². The number of allylic oxidation sites excluding steroid dienone is 3. The molecule has 1 aliphatic rings. The Labute approximate surface area is 189 Å². The zero-order valence-corrected chi connectivity index (χ0v) is 19.0. The van der Waals surface area contributed by atoms with Gasteiger partial charge in [-0.1, -0.05) is 18.2 Å². The van der Waals surface area contributed by atoms with Crippen LogP contribution in [0.5, 0.6) is 5.75 Å². The highest BCUT2D eigenvalue weighted by atomic mass is 16.3. The van der Waals surface area contributed by atoms with Crippen LogP contribution in [-0.4, -0.2) is 70.2 Å². The first-order valence-corrected chi connectivity index (χ1v) is 10.9. The summed E-state index contributed by atoms with van der Waals surface area (Å²) >= 11 is 0. The molecule has 0 bridgehead atoms. The summed E-state index contributed by atoms with van der Waals surface area (Å²) in [6, 6.07) is 7.11. The van der Waals surface area contributed by atoms with Crippen molar-refractivity contribution in [3.63, 3.8) is 0 Å². The number of aromatic nitrogens is 1. The number of phenols is 1. The van der Waals surface area contributed by atoms with Crippen LogP contribution in [0, 0.1) is 6.92 Å². The number of hydrogen-bond donors (Lipinski definition) is 3. The SMILES string of the molecule is C/C=C/C(C)=C/Nc1ncc(-c2ccc(O)c(C(=O)N3CCN(CCO)CC3)c2)cc1C. The lowest BCUT2D eigenvalue weighted by molar-refractivity contribution is 0.0612. The van der Waals surface area contributed by atoms with E-state index in [4.69, 9.17) is 5.11 Å². The standard InChI is InChI=1S/C25H32N4O3/c1-4-5-18(2)16-26-24-19(3)14-21(17-27-24)20-6-7-23(31)22(15-20)25(32)29-10-8-28(9-11-29)12-13-30/h4-7,14-17,30-31H,8-13H2,1-3H3,(H,26,27)/b5-4+,18-16+. The van der Waals surface area contributed by atoms with E-state index in [0.29, 0.717) is 38.3 Å². The van der Waals surface area contributed by atoms with Gasteiger partial charge in [0.1, 0.15) is 11.6 Å². The Hall–Kier alpha value is -3.16. The maximum atomic E-state index is 13.1. The van der Waals surface area contributed by atoms with Crippen LogP contribution in [0.2, 0.25) is 0 Å². The molecule has 1 aromatic carbocycles. The van der Waals surface area contributed by atoms with Crippen molar-refractivity contribution < 1.29 is 15.0 Å². The molecule has 32 heavy (non-hydrogen) atoms. The minimum atomic E-state index is -0.180. The zero-order valence-electron chi connectivity index (χ0n) is 19.0. The Morgan fingerprint density at radius 1 is 1.19 bits per heavy atom. The molecule has 170 valence electrons. The summed E-state index contributed by atoms with van der Waals surface area (Å²) in [5, 5.41) is 22.7. The van der Waals surface area contributed by atoms with Crippen molar-refractivity contribution in [1.29, 1.82) is 0 Å². The number of β-amino-alcohol motifs (C(OH)–C–C–N with tert-alkyl or cyclic N) is 1. The van der Waals surface area contributed by atoms with Gasteiger partial charge in [0.15, 0.2) is 0 Å². The number of aromatic hydroxyl groups is 1. The number of benzene rings is 1. The average Bonchev–Trinajstić information content (AvgIpc) is 2.79. The number of anilines is 1. The largest absolute Gasteiger partial charge is 0.507 e. The van der Waals surface area contributed by atoms with Gasteiger partial charge in [0.2, 0.25) is 0 Å². The van der Waals surface area contributed by atoms with Crippen molar-refractivity contribution in [2.24, 2.45) is 0 Å². The van der Waals surface area contributed by atoms with Crippen molar-refractivity contribution in [3.8, 4) is 16.9 Å². The number of amides is 1. The first kappa shape index (κ1) is 23.5. The number of hydrogen-bond acceptors (Lipinski definition) is 6. The maximum absolute atomic E-state index is 13.1. The highest BCUT2D eigenvalue weighted by Gasteiger charge is 2.24. The summed E-state index contributed by atoms with van der Waals surface area (Å²) in [5.41, 5.74) is 4.07. The van der Waals surface area contributed by atoms with Gasteiger partial charge in [0.25, 0.3) is 5.91 Å². The summed E-state index contributed by atoms with van der Waals surface area (Å²) in [5.74, 6) is 0.568. The van der Waals surface area contributed by atoms with E-state index < -0.39 is 0 Å². The number of nitrogens with one attached hydrogen (secondary N) is 1. The lowest BCUT2D eigenvalue weighted by Gasteiger charge is -2.34. The van der Waals surface area contributed by atoms with E-state index in [0.717, 1.165) is 28.1 Å². The van der Waals surface area contributed by atoms with E-state index in [1.165, 1.54) is 0 Å². The fourth-order valence-corrected chi connectivity index (χ4v) is 3.75. The van der Waals surface area contributed by atoms with Crippen molar-refractivity contribution in [3.05, 3.63) is 65.5 Å². The van der Waals surface area contributed by atoms with E-state index in [2.05, 4.69) is 15.2 Å². The molecule has 0 aliphatic carbocycles. The molecule has 1 amide bonds. The Balaban J connectivity index is 1.77. The van der Waals surface area contributed by atoms with Crippen molar-refractivity contribution in [1.82, 2.24) is 14.8 Å². The van der Waals surface area contributed by atoms with Crippen LogP contribution in [0.25, 0.3) is 11.1 Å². The van der Waals surface area contributed by atoms with Crippen LogP contribution in [0.3, 0.4) is 0 Å². The van der Waals surface area contributed by atoms with E-state index in [9.17, 15) is 9.90 Å². The quantitative estimate of drug-likeness (QED) is 0.577. The third-order valence-corrected chi connectivity index (χ3v) is 5.58. The summed E-state index contributed by atoms with van der Waals surface area (Å²) in [6.45, 7) is 9.28. The summed E-state index contributed by atoms with van der Waals surface area (Å²) in [6.07, 6.45) is 7.67. The maximum Gasteiger partial charge on any atom is 0.257 e. The third-order valence-electron chi connectivity index (χ3n) is 5.58. The highest BCUT2D eigenvalue weighted by molar-refractivity contribution is 5.98. The van der Waals surface area contributed by atoms with E-state index >= 15 is 0 Å². The minimum absolute atomic E-state index is 0.0240. The van der Waals surface area contributed by atoms with Gasteiger partial charge in [-0.15, -0.1) is 0 Å². The molecule has 1 aromatic heterocycles. The Morgan fingerprint density at radius 2 is 1.94 bits per heavy atom. The van der Waals surface area contributed by atoms with Crippen LogP contribution in [0.15, 0.2) is 54.4 Å². The third kappa shape index (κ3) is 5.75. The molecule has 0 unspecified atom stereocenters. The van der Waals surface area contributed by atoms with E-state index in [1.54, 1.807) is 29.3 Å². The summed E-state index contributed by atoms with van der Waals surface area (Å²) in [4.78, 5) is 21.5. The number of rotatable bonds is 7. The molecule has 7 nitrogen and oxygen atoms in total. The summed E-state index contributed by atoms with van der Waals surface area (Å²) < 4.78 is 0. The molecular formula is C25H32N4O3. The first-order chi connectivity index (χ1) is 15.4. The number of pyridine rings is 1. The Kier molecular flexibility index (Phi) is 8.03. The van der Waals surface area contributed by atoms with Crippen LogP contribution in [-0.2, 0) is 0 Å². The van der Waals surface area contributed by atoms with Crippen molar-refractivity contribution >= 4 is 11.7 Å². The number of piperazine rings is 1. The number of aryl methyl sites for hydroxylation is 1. The number of carbonyl (C=O) groups excluding carboxylic acids is 1. The average molecular weight is 437 g/mol. The molecule has 7 heteroatoms. The smallest absolute Gasteiger partial charge is 0.257 e. The van der Waals surface area contributed by atoms with E-state index in [1.807, 2.05) is 45.2 Å². The lowest BCUT2D eigenvalue weighted by atomic mass is 10.0. The number of carbonyl (C=O) groups is 1. The lowest BCUT2D eigenvalue weighted by Crippen LogP contribution is -2.49. The minimum Gasteiger partial charge on any atom is -0.507 e. The Bertz CT molecular complexity index is 1010. The molecule has 3 N–H and O–H groups in total. The number of phenolic OH excluding ortho intramolecular Hbond substituents is 1. The molecule has 0 radical (unpaired) electrons. The molecule has 0 saturated carbocycles. The molecule has 0 atom stereocenters. The molecule has 1 fully saturated rings.